The molecule has 0 aromatic heterocycles. The average molecular weight is 457 g/mol. The molecule has 1 unspecified atom stereocenters. The van der Waals surface area contributed by atoms with Crippen molar-refractivity contribution in [3.63, 3.8) is 0 Å². The Morgan fingerprint density at radius 1 is 0.969 bits per heavy atom. The third-order valence-electron chi connectivity index (χ3n) is 4.88. The molecule has 0 bridgehead atoms. The Morgan fingerprint density at radius 3 is 2.28 bits per heavy atom. The lowest BCUT2D eigenvalue weighted by Crippen LogP contribution is -2.48. The molecule has 1 amide bonds. The van der Waals surface area contributed by atoms with Gasteiger partial charge in [0, 0.05) is 0 Å². The number of carbonyl (C=O) groups is 1. The first kappa shape index (κ1) is 23.4. The van der Waals surface area contributed by atoms with E-state index >= 15 is 0 Å². The normalized spacial score (nSPS) is 12.2. The number of amides is 1. The molecule has 0 fully saturated rings. The molecule has 0 spiro atoms. The highest BCUT2D eigenvalue weighted by Crippen LogP contribution is 2.24. The standard InChI is InChI=1S/C24H28N2O5S/c1-4-30-22-13-10-21(11-14-22)26(32(3,28)29)18(2)24(27)25-15-16-31-23-12-9-19-7-5-6-8-20(19)17-23/h5-14,17-18H,4,15-16H2,1-3H3,(H,25,27). The van der Waals surface area contributed by atoms with Crippen LogP contribution < -0.4 is 19.1 Å². The van der Waals surface area contributed by atoms with Crippen molar-refractivity contribution in [1.29, 1.82) is 0 Å². The van der Waals surface area contributed by atoms with Gasteiger partial charge in [0.25, 0.3) is 0 Å². The summed E-state index contributed by atoms with van der Waals surface area (Å²) in [7, 11) is -3.68. The average Bonchev–Trinajstić information content (AvgIpc) is 2.77. The summed E-state index contributed by atoms with van der Waals surface area (Å²) in [6.07, 6.45) is 1.08. The topological polar surface area (TPSA) is 84.9 Å². The van der Waals surface area contributed by atoms with Crippen molar-refractivity contribution in [2.75, 3.05) is 30.3 Å². The number of ether oxygens (including phenoxy) is 2. The summed E-state index contributed by atoms with van der Waals surface area (Å²) >= 11 is 0. The van der Waals surface area contributed by atoms with E-state index in [0.29, 0.717) is 23.8 Å². The van der Waals surface area contributed by atoms with Gasteiger partial charge in [0.1, 0.15) is 24.1 Å². The SMILES string of the molecule is CCOc1ccc(N(C(C)C(=O)NCCOc2ccc3ccccc3c2)S(C)(=O)=O)cc1. The van der Waals surface area contributed by atoms with E-state index in [2.05, 4.69) is 5.32 Å². The highest BCUT2D eigenvalue weighted by Gasteiger charge is 2.28. The fourth-order valence-corrected chi connectivity index (χ4v) is 4.59. The molecule has 1 N–H and O–H groups in total. The summed E-state index contributed by atoms with van der Waals surface area (Å²) in [5, 5.41) is 4.94. The molecule has 0 aliphatic rings. The minimum absolute atomic E-state index is 0.247. The van der Waals surface area contributed by atoms with Crippen molar-refractivity contribution in [3.8, 4) is 11.5 Å². The number of nitrogens with zero attached hydrogens (tertiary/aromatic N) is 1. The molecule has 0 radical (unpaired) electrons. The van der Waals surface area contributed by atoms with Crippen LogP contribution in [0.1, 0.15) is 13.8 Å². The van der Waals surface area contributed by atoms with E-state index in [1.807, 2.05) is 49.4 Å². The molecular formula is C24H28N2O5S. The van der Waals surface area contributed by atoms with Crippen LogP contribution in [-0.4, -0.2) is 46.4 Å². The van der Waals surface area contributed by atoms with Gasteiger partial charge in [0.2, 0.25) is 15.9 Å². The molecule has 170 valence electrons. The van der Waals surface area contributed by atoms with Crippen LogP contribution in [0.4, 0.5) is 5.69 Å². The Labute approximate surface area is 189 Å². The molecule has 3 aromatic carbocycles. The van der Waals surface area contributed by atoms with Gasteiger partial charge >= 0.3 is 0 Å². The quantitative estimate of drug-likeness (QED) is 0.471. The molecule has 0 aliphatic carbocycles. The molecule has 0 aliphatic heterocycles. The van der Waals surface area contributed by atoms with E-state index in [1.54, 1.807) is 31.2 Å². The number of nitrogens with one attached hydrogen (secondary N) is 1. The van der Waals surface area contributed by atoms with Crippen LogP contribution in [0.15, 0.2) is 66.7 Å². The first-order chi connectivity index (χ1) is 15.3. The number of hydrogen-bond acceptors (Lipinski definition) is 5. The number of hydrogen-bond donors (Lipinski definition) is 1. The predicted octanol–water partition coefficient (Wildman–Crippen LogP) is 3.59. The first-order valence-electron chi connectivity index (χ1n) is 10.4. The molecule has 7 nitrogen and oxygen atoms in total. The van der Waals surface area contributed by atoms with Crippen molar-refractivity contribution < 1.29 is 22.7 Å². The first-order valence-corrected chi connectivity index (χ1v) is 12.3. The monoisotopic (exact) mass is 456 g/mol. The molecule has 32 heavy (non-hydrogen) atoms. The second-order valence-electron chi connectivity index (χ2n) is 7.31. The van der Waals surface area contributed by atoms with E-state index in [9.17, 15) is 13.2 Å². The van der Waals surface area contributed by atoms with Gasteiger partial charge in [-0.1, -0.05) is 30.3 Å². The van der Waals surface area contributed by atoms with Crippen molar-refractivity contribution >= 4 is 32.4 Å². The largest absolute Gasteiger partial charge is 0.494 e. The number of carbonyl (C=O) groups excluding carboxylic acids is 1. The van der Waals surface area contributed by atoms with Crippen molar-refractivity contribution in [1.82, 2.24) is 5.32 Å². The fourth-order valence-electron chi connectivity index (χ4n) is 3.41. The van der Waals surface area contributed by atoms with Crippen LogP contribution in [0.3, 0.4) is 0 Å². The molecule has 0 heterocycles. The highest BCUT2D eigenvalue weighted by molar-refractivity contribution is 7.92. The van der Waals surface area contributed by atoms with E-state index in [-0.39, 0.29) is 13.2 Å². The predicted molar refractivity (Wildman–Crippen MR) is 127 cm³/mol. The van der Waals surface area contributed by atoms with Gasteiger partial charge in [-0.2, -0.15) is 0 Å². The Balaban J connectivity index is 1.59. The van der Waals surface area contributed by atoms with Crippen LogP contribution >= 0.6 is 0 Å². The number of sulfonamides is 1. The van der Waals surface area contributed by atoms with Crippen molar-refractivity contribution in [3.05, 3.63) is 66.7 Å². The Morgan fingerprint density at radius 2 is 1.62 bits per heavy atom. The van der Waals surface area contributed by atoms with Gasteiger partial charge in [-0.25, -0.2) is 8.42 Å². The zero-order chi connectivity index (χ0) is 23.1. The minimum Gasteiger partial charge on any atom is -0.494 e. The lowest BCUT2D eigenvalue weighted by Gasteiger charge is -2.28. The number of benzene rings is 3. The lowest BCUT2D eigenvalue weighted by atomic mass is 10.1. The van der Waals surface area contributed by atoms with E-state index < -0.39 is 22.0 Å². The maximum atomic E-state index is 12.7. The molecule has 0 saturated heterocycles. The smallest absolute Gasteiger partial charge is 0.243 e. The second kappa shape index (κ2) is 10.4. The van der Waals surface area contributed by atoms with Gasteiger partial charge in [-0.15, -0.1) is 0 Å². The summed E-state index contributed by atoms with van der Waals surface area (Å²) in [6, 6.07) is 19.5. The fraction of sp³-hybridized carbons (Fsp3) is 0.292. The minimum atomic E-state index is -3.68. The molecule has 3 rings (SSSR count). The van der Waals surface area contributed by atoms with Crippen molar-refractivity contribution in [2.24, 2.45) is 0 Å². The van der Waals surface area contributed by atoms with Crippen LogP contribution in [0.25, 0.3) is 10.8 Å². The zero-order valence-corrected chi connectivity index (χ0v) is 19.3. The molecule has 0 saturated carbocycles. The molecule has 1 atom stereocenters. The number of fused-ring (bicyclic) bond motifs is 1. The van der Waals surface area contributed by atoms with E-state index in [4.69, 9.17) is 9.47 Å². The third-order valence-corrected chi connectivity index (χ3v) is 6.12. The van der Waals surface area contributed by atoms with Gasteiger partial charge in [-0.05, 0) is 61.0 Å². The molecular weight excluding hydrogens is 428 g/mol. The third kappa shape index (κ3) is 5.91. The Hall–Kier alpha value is -3.26. The van der Waals surface area contributed by atoms with E-state index in [0.717, 1.165) is 21.3 Å². The Bertz CT molecular complexity index is 1160. The molecule has 8 heteroatoms. The maximum Gasteiger partial charge on any atom is 0.243 e. The van der Waals surface area contributed by atoms with Crippen LogP contribution in [0, 0.1) is 0 Å². The Kier molecular flexibility index (Phi) is 7.58. The molecule has 3 aromatic rings. The van der Waals surface area contributed by atoms with Crippen LogP contribution in [0.2, 0.25) is 0 Å². The highest BCUT2D eigenvalue weighted by atomic mass is 32.2. The zero-order valence-electron chi connectivity index (χ0n) is 18.4. The summed E-state index contributed by atoms with van der Waals surface area (Å²) in [5.41, 5.74) is 0.394. The van der Waals surface area contributed by atoms with Crippen molar-refractivity contribution in [2.45, 2.75) is 19.9 Å². The van der Waals surface area contributed by atoms with Gasteiger partial charge in [0.15, 0.2) is 0 Å². The van der Waals surface area contributed by atoms with Gasteiger partial charge in [0.05, 0.1) is 25.1 Å². The van der Waals surface area contributed by atoms with Crippen LogP contribution in [0.5, 0.6) is 11.5 Å². The summed E-state index contributed by atoms with van der Waals surface area (Å²) < 4.78 is 37.0. The van der Waals surface area contributed by atoms with E-state index in [1.165, 1.54) is 0 Å². The van der Waals surface area contributed by atoms with Crippen LogP contribution in [-0.2, 0) is 14.8 Å². The summed E-state index contributed by atoms with van der Waals surface area (Å²) in [6.45, 7) is 4.44. The van der Waals surface area contributed by atoms with Gasteiger partial charge < -0.3 is 14.8 Å². The second-order valence-corrected chi connectivity index (χ2v) is 9.17. The summed E-state index contributed by atoms with van der Waals surface area (Å²) in [4.78, 5) is 12.7. The lowest BCUT2D eigenvalue weighted by molar-refractivity contribution is -0.121. The number of anilines is 1. The number of rotatable bonds is 10. The van der Waals surface area contributed by atoms with Gasteiger partial charge in [-0.3, -0.25) is 9.10 Å². The summed E-state index contributed by atoms with van der Waals surface area (Å²) in [5.74, 6) is 0.928. The maximum absolute atomic E-state index is 12.7.